The van der Waals surface area contributed by atoms with Crippen LogP contribution in [0.1, 0.15) is 19.8 Å². The Morgan fingerprint density at radius 3 is 2.93 bits per heavy atom. The van der Waals surface area contributed by atoms with E-state index in [1.807, 2.05) is 7.05 Å². The van der Waals surface area contributed by atoms with Gasteiger partial charge in [0.2, 0.25) is 0 Å². The van der Waals surface area contributed by atoms with Gasteiger partial charge in [-0.05, 0) is 46.3 Å². The second-order valence-electron chi connectivity index (χ2n) is 4.22. The van der Waals surface area contributed by atoms with E-state index in [0.717, 1.165) is 13.2 Å². The zero-order chi connectivity index (χ0) is 10.4. The Kier molecular flexibility index (Phi) is 5.45. The third-order valence-corrected chi connectivity index (χ3v) is 2.97. The maximum atomic E-state index is 5.78. The number of nitrogens with zero attached hydrogens (tertiary/aromatic N) is 1. The molecule has 3 heteroatoms. The molecule has 1 N–H and O–H groups in total. The summed E-state index contributed by atoms with van der Waals surface area (Å²) in [7, 11) is 4.20. The van der Waals surface area contributed by atoms with Crippen LogP contribution in [-0.4, -0.2) is 51.3 Å². The van der Waals surface area contributed by atoms with E-state index >= 15 is 0 Å². The highest BCUT2D eigenvalue weighted by atomic mass is 16.5. The molecule has 0 aromatic heterocycles. The van der Waals surface area contributed by atoms with Crippen LogP contribution >= 0.6 is 0 Å². The van der Waals surface area contributed by atoms with Gasteiger partial charge in [0.15, 0.2) is 0 Å². The standard InChI is InChI=1S/C11H24N2O/c1-4-14-11(8-12-2)10-6-5-7-13(3)9-10/h10-12H,4-9H2,1-3H3. The predicted molar refractivity (Wildman–Crippen MR) is 59.6 cm³/mol. The van der Waals surface area contributed by atoms with Gasteiger partial charge < -0.3 is 15.0 Å². The van der Waals surface area contributed by atoms with Crippen molar-refractivity contribution >= 4 is 0 Å². The minimum Gasteiger partial charge on any atom is -0.377 e. The molecule has 2 unspecified atom stereocenters. The monoisotopic (exact) mass is 200 g/mol. The molecule has 1 fully saturated rings. The number of piperidine rings is 1. The number of rotatable bonds is 5. The van der Waals surface area contributed by atoms with Gasteiger partial charge in [0.05, 0.1) is 6.10 Å². The van der Waals surface area contributed by atoms with E-state index in [4.69, 9.17) is 4.74 Å². The summed E-state index contributed by atoms with van der Waals surface area (Å²) in [6.45, 7) is 6.31. The molecular weight excluding hydrogens is 176 g/mol. The molecule has 1 saturated heterocycles. The van der Waals surface area contributed by atoms with Crippen LogP contribution in [0.25, 0.3) is 0 Å². The van der Waals surface area contributed by atoms with E-state index in [-0.39, 0.29) is 0 Å². The van der Waals surface area contributed by atoms with E-state index in [9.17, 15) is 0 Å². The first-order chi connectivity index (χ1) is 6.77. The summed E-state index contributed by atoms with van der Waals surface area (Å²) in [5, 5.41) is 3.22. The second kappa shape index (κ2) is 6.38. The Hall–Kier alpha value is -0.120. The normalized spacial score (nSPS) is 26.4. The minimum atomic E-state index is 0.396. The fraction of sp³-hybridized carbons (Fsp3) is 1.00. The molecule has 0 aliphatic carbocycles. The van der Waals surface area contributed by atoms with Crippen LogP contribution in [0.5, 0.6) is 0 Å². The van der Waals surface area contributed by atoms with Gasteiger partial charge in [-0.2, -0.15) is 0 Å². The van der Waals surface area contributed by atoms with Crippen LogP contribution in [0, 0.1) is 5.92 Å². The summed E-state index contributed by atoms with van der Waals surface area (Å²) >= 11 is 0. The van der Waals surface area contributed by atoms with Crippen LogP contribution < -0.4 is 5.32 Å². The van der Waals surface area contributed by atoms with Crippen LogP contribution in [0.3, 0.4) is 0 Å². The third kappa shape index (κ3) is 3.56. The van der Waals surface area contributed by atoms with Crippen molar-refractivity contribution in [1.29, 1.82) is 0 Å². The smallest absolute Gasteiger partial charge is 0.0739 e. The van der Waals surface area contributed by atoms with Gasteiger partial charge in [0.25, 0.3) is 0 Å². The van der Waals surface area contributed by atoms with E-state index in [1.165, 1.54) is 25.9 Å². The maximum absolute atomic E-state index is 5.78. The van der Waals surface area contributed by atoms with Gasteiger partial charge in [-0.1, -0.05) is 0 Å². The van der Waals surface area contributed by atoms with Crippen molar-refractivity contribution < 1.29 is 4.74 Å². The lowest BCUT2D eigenvalue weighted by atomic mass is 9.92. The molecule has 0 saturated carbocycles. The van der Waals surface area contributed by atoms with Crippen LogP contribution in [0.15, 0.2) is 0 Å². The van der Waals surface area contributed by atoms with Gasteiger partial charge in [0, 0.05) is 19.7 Å². The van der Waals surface area contributed by atoms with Crippen LogP contribution in [0.4, 0.5) is 0 Å². The lowest BCUT2D eigenvalue weighted by Gasteiger charge is -2.34. The highest BCUT2D eigenvalue weighted by molar-refractivity contribution is 4.79. The Labute approximate surface area is 87.8 Å². The van der Waals surface area contributed by atoms with Gasteiger partial charge in [-0.15, -0.1) is 0 Å². The molecule has 2 atom stereocenters. The number of nitrogens with one attached hydrogen (secondary N) is 1. The van der Waals surface area contributed by atoms with Crippen molar-refractivity contribution in [1.82, 2.24) is 10.2 Å². The van der Waals surface area contributed by atoms with E-state index < -0.39 is 0 Å². The van der Waals surface area contributed by atoms with Crippen molar-refractivity contribution in [3.63, 3.8) is 0 Å². The van der Waals surface area contributed by atoms with Gasteiger partial charge in [0.1, 0.15) is 0 Å². The summed E-state index contributed by atoms with van der Waals surface area (Å²) < 4.78 is 5.78. The molecule has 1 heterocycles. The average Bonchev–Trinajstić information content (AvgIpc) is 2.17. The fourth-order valence-corrected chi connectivity index (χ4v) is 2.29. The molecule has 0 aromatic rings. The number of likely N-dealkylation sites (tertiary alicyclic amines) is 1. The predicted octanol–water partition coefficient (Wildman–Crippen LogP) is 0.953. The summed E-state index contributed by atoms with van der Waals surface area (Å²) in [4.78, 5) is 2.41. The zero-order valence-electron chi connectivity index (χ0n) is 9.75. The SMILES string of the molecule is CCOC(CNC)C1CCCN(C)C1. The minimum absolute atomic E-state index is 0.396. The summed E-state index contributed by atoms with van der Waals surface area (Å²) in [5.74, 6) is 0.709. The van der Waals surface area contributed by atoms with Crippen molar-refractivity contribution in [3.05, 3.63) is 0 Å². The van der Waals surface area contributed by atoms with Gasteiger partial charge in [-0.25, -0.2) is 0 Å². The first-order valence-corrected chi connectivity index (χ1v) is 5.72. The van der Waals surface area contributed by atoms with E-state index in [0.29, 0.717) is 12.0 Å². The highest BCUT2D eigenvalue weighted by Crippen LogP contribution is 2.20. The Morgan fingerprint density at radius 1 is 1.57 bits per heavy atom. The quantitative estimate of drug-likeness (QED) is 0.715. The second-order valence-corrected chi connectivity index (χ2v) is 4.22. The molecule has 1 aliphatic heterocycles. The highest BCUT2D eigenvalue weighted by Gasteiger charge is 2.25. The molecule has 84 valence electrons. The molecule has 0 amide bonds. The number of ether oxygens (including phenoxy) is 1. The number of hydrogen-bond donors (Lipinski definition) is 1. The summed E-state index contributed by atoms with van der Waals surface area (Å²) in [6.07, 6.45) is 3.03. The Morgan fingerprint density at radius 2 is 2.36 bits per heavy atom. The van der Waals surface area contributed by atoms with Crippen molar-refractivity contribution in [2.45, 2.75) is 25.9 Å². The van der Waals surface area contributed by atoms with Gasteiger partial charge in [-0.3, -0.25) is 0 Å². The van der Waals surface area contributed by atoms with Crippen molar-refractivity contribution in [2.75, 3.05) is 40.3 Å². The first-order valence-electron chi connectivity index (χ1n) is 5.72. The Bertz CT molecular complexity index is 143. The summed E-state index contributed by atoms with van der Waals surface area (Å²) in [5.41, 5.74) is 0. The maximum Gasteiger partial charge on any atom is 0.0739 e. The topological polar surface area (TPSA) is 24.5 Å². The lowest BCUT2D eigenvalue weighted by molar-refractivity contribution is -0.00228. The van der Waals surface area contributed by atoms with Crippen molar-refractivity contribution in [3.8, 4) is 0 Å². The number of likely N-dealkylation sites (N-methyl/N-ethyl adjacent to an activating group) is 1. The molecular formula is C11H24N2O. The zero-order valence-corrected chi connectivity index (χ0v) is 9.75. The van der Waals surface area contributed by atoms with Crippen LogP contribution in [0.2, 0.25) is 0 Å². The molecule has 0 spiro atoms. The van der Waals surface area contributed by atoms with Gasteiger partial charge >= 0.3 is 0 Å². The van der Waals surface area contributed by atoms with Crippen molar-refractivity contribution in [2.24, 2.45) is 5.92 Å². The van der Waals surface area contributed by atoms with E-state index in [1.54, 1.807) is 0 Å². The molecule has 0 aromatic carbocycles. The molecule has 3 nitrogen and oxygen atoms in total. The van der Waals surface area contributed by atoms with E-state index in [2.05, 4.69) is 24.2 Å². The molecule has 14 heavy (non-hydrogen) atoms. The van der Waals surface area contributed by atoms with Crippen LogP contribution in [-0.2, 0) is 4.74 Å². The first kappa shape index (κ1) is 12.0. The molecule has 1 rings (SSSR count). The molecule has 1 aliphatic rings. The largest absolute Gasteiger partial charge is 0.377 e. The average molecular weight is 200 g/mol. The summed E-state index contributed by atoms with van der Waals surface area (Å²) in [6, 6.07) is 0. The molecule has 0 radical (unpaired) electrons. The lowest BCUT2D eigenvalue weighted by Crippen LogP contribution is -2.43. The Balaban J connectivity index is 2.39. The fourth-order valence-electron chi connectivity index (χ4n) is 2.29. The third-order valence-electron chi connectivity index (χ3n) is 2.97. The number of hydrogen-bond acceptors (Lipinski definition) is 3. The molecule has 0 bridgehead atoms.